The lowest BCUT2D eigenvalue weighted by Gasteiger charge is -2.23. The van der Waals surface area contributed by atoms with E-state index < -0.39 is 40.9 Å². The second-order valence-electron chi connectivity index (χ2n) is 6.04. The van der Waals surface area contributed by atoms with E-state index in [4.69, 9.17) is 5.11 Å². The van der Waals surface area contributed by atoms with Crippen LogP contribution in [0.4, 0.5) is 5.69 Å². The summed E-state index contributed by atoms with van der Waals surface area (Å²) in [5, 5.41) is 30.6. The molecule has 28 heavy (non-hydrogen) atoms. The van der Waals surface area contributed by atoms with Gasteiger partial charge in [-0.2, -0.15) is 0 Å². The molecule has 1 atom stereocenters. The normalized spacial score (nSPS) is 18.3. The predicted molar refractivity (Wildman–Crippen MR) is 96.2 cm³/mol. The van der Waals surface area contributed by atoms with Crippen LogP contribution in [0.1, 0.15) is 17.2 Å². The number of amides is 1. The Balaban J connectivity index is 2.16. The smallest absolute Gasteiger partial charge is 0.323 e. The maximum absolute atomic E-state index is 12.6. The molecule has 1 heterocycles. The number of nitro benzene ring substituents is 1. The molecule has 0 bridgehead atoms. The maximum atomic E-state index is 12.6. The van der Waals surface area contributed by atoms with E-state index in [9.17, 15) is 29.6 Å². The van der Waals surface area contributed by atoms with E-state index in [1.807, 2.05) is 0 Å². The number of benzene rings is 2. The number of likely N-dealkylation sites (tertiary alicyclic amines) is 1. The van der Waals surface area contributed by atoms with Gasteiger partial charge < -0.3 is 15.1 Å². The molecule has 0 unspecified atom stereocenters. The summed E-state index contributed by atoms with van der Waals surface area (Å²) in [6, 6.07) is 11.9. The van der Waals surface area contributed by atoms with Crippen LogP contribution >= 0.6 is 0 Å². The van der Waals surface area contributed by atoms with Crippen molar-refractivity contribution in [3.63, 3.8) is 0 Å². The van der Waals surface area contributed by atoms with E-state index in [0.717, 1.165) is 17.0 Å². The Morgan fingerprint density at radius 1 is 1.04 bits per heavy atom. The molecule has 0 aliphatic carbocycles. The zero-order valence-corrected chi connectivity index (χ0v) is 14.3. The summed E-state index contributed by atoms with van der Waals surface area (Å²) in [6.07, 6.45) is 0. The summed E-state index contributed by atoms with van der Waals surface area (Å²) in [4.78, 5) is 47.2. The lowest BCUT2D eigenvalue weighted by molar-refractivity contribution is -0.384. The van der Waals surface area contributed by atoms with E-state index in [2.05, 4.69) is 0 Å². The molecule has 0 saturated carbocycles. The van der Waals surface area contributed by atoms with E-state index in [1.54, 1.807) is 30.3 Å². The summed E-state index contributed by atoms with van der Waals surface area (Å²) in [7, 11) is 0. The van der Waals surface area contributed by atoms with Crippen molar-refractivity contribution in [3.8, 4) is 0 Å². The van der Waals surface area contributed by atoms with E-state index in [1.165, 1.54) is 12.1 Å². The first-order valence-corrected chi connectivity index (χ1v) is 8.11. The fourth-order valence-electron chi connectivity index (χ4n) is 3.07. The summed E-state index contributed by atoms with van der Waals surface area (Å²) >= 11 is 0. The highest BCUT2D eigenvalue weighted by atomic mass is 16.6. The highest BCUT2D eigenvalue weighted by Gasteiger charge is 2.46. The molecule has 0 spiro atoms. The highest BCUT2D eigenvalue weighted by Crippen LogP contribution is 2.39. The lowest BCUT2D eigenvalue weighted by Crippen LogP contribution is -2.34. The van der Waals surface area contributed by atoms with Gasteiger partial charge in [-0.25, -0.2) is 0 Å². The molecule has 1 aliphatic rings. The fraction of sp³-hybridized carbons (Fsp3) is 0.105. The predicted octanol–water partition coefficient (Wildman–Crippen LogP) is 2.10. The minimum absolute atomic E-state index is 0.0971. The first-order valence-electron chi connectivity index (χ1n) is 8.11. The molecule has 1 fully saturated rings. The van der Waals surface area contributed by atoms with Crippen molar-refractivity contribution in [1.82, 2.24) is 4.90 Å². The number of non-ortho nitro benzene ring substituents is 1. The molecule has 3 rings (SSSR count). The number of carbonyl (C=O) groups excluding carboxylic acids is 2. The number of nitrogens with zero attached hydrogens (tertiary/aromatic N) is 2. The van der Waals surface area contributed by atoms with Crippen molar-refractivity contribution in [2.45, 2.75) is 6.04 Å². The molecule has 1 aliphatic heterocycles. The molecule has 2 aromatic rings. The fourth-order valence-corrected chi connectivity index (χ4v) is 3.07. The van der Waals surface area contributed by atoms with Gasteiger partial charge in [-0.15, -0.1) is 0 Å². The monoisotopic (exact) mass is 382 g/mol. The van der Waals surface area contributed by atoms with Gasteiger partial charge in [0.2, 0.25) is 0 Å². The van der Waals surface area contributed by atoms with Gasteiger partial charge in [-0.1, -0.05) is 30.3 Å². The average molecular weight is 382 g/mol. The van der Waals surface area contributed by atoms with Crippen molar-refractivity contribution >= 4 is 29.1 Å². The number of aliphatic carboxylic acids is 1. The van der Waals surface area contributed by atoms with Gasteiger partial charge >= 0.3 is 5.97 Å². The molecule has 9 heteroatoms. The van der Waals surface area contributed by atoms with E-state index >= 15 is 0 Å². The first kappa shape index (κ1) is 18.8. The van der Waals surface area contributed by atoms with Crippen LogP contribution < -0.4 is 0 Å². The Hall–Kier alpha value is -4.01. The van der Waals surface area contributed by atoms with Crippen molar-refractivity contribution < 1.29 is 29.5 Å². The largest absolute Gasteiger partial charge is 0.507 e. The molecule has 142 valence electrons. The lowest BCUT2D eigenvalue weighted by atomic mass is 9.95. The summed E-state index contributed by atoms with van der Waals surface area (Å²) in [6.45, 7) is -0.721. The third-order valence-electron chi connectivity index (χ3n) is 4.31. The summed E-state index contributed by atoms with van der Waals surface area (Å²) < 4.78 is 0. The molecule has 2 aromatic carbocycles. The van der Waals surface area contributed by atoms with E-state index in [0.29, 0.717) is 5.56 Å². The Morgan fingerprint density at radius 3 is 2.18 bits per heavy atom. The van der Waals surface area contributed by atoms with Crippen LogP contribution in [0.15, 0.2) is 60.2 Å². The van der Waals surface area contributed by atoms with Crippen LogP contribution in [0.5, 0.6) is 0 Å². The van der Waals surface area contributed by atoms with Gasteiger partial charge in [-0.05, 0) is 17.7 Å². The zero-order valence-electron chi connectivity index (χ0n) is 14.3. The van der Waals surface area contributed by atoms with Gasteiger partial charge in [0.15, 0.2) is 0 Å². The number of hydrogen-bond acceptors (Lipinski definition) is 6. The minimum Gasteiger partial charge on any atom is -0.507 e. The van der Waals surface area contributed by atoms with Crippen molar-refractivity contribution in [2.24, 2.45) is 0 Å². The van der Waals surface area contributed by atoms with Crippen LogP contribution in [0.3, 0.4) is 0 Å². The number of rotatable bonds is 5. The molecule has 1 saturated heterocycles. The van der Waals surface area contributed by atoms with Crippen LogP contribution in [0, 0.1) is 10.1 Å². The number of aliphatic hydroxyl groups is 1. The number of nitro groups is 1. The first-order chi connectivity index (χ1) is 13.3. The number of carbonyl (C=O) groups is 3. The van der Waals surface area contributed by atoms with Crippen molar-refractivity contribution in [3.05, 3.63) is 81.4 Å². The average Bonchev–Trinajstić information content (AvgIpc) is 2.92. The van der Waals surface area contributed by atoms with Gasteiger partial charge in [0.25, 0.3) is 17.4 Å². The number of aliphatic hydroxyl groups excluding tert-OH is 1. The Labute approximate surface area is 158 Å². The van der Waals surface area contributed by atoms with Crippen LogP contribution in [-0.4, -0.2) is 44.2 Å². The number of ketones is 1. The quantitative estimate of drug-likeness (QED) is 0.265. The molecular formula is C19H14N2O7. The van der Waals surface area contributed by atoms with Gasteiger partial charge in [-0.3, -0.25) is 24.5 Å². The van der Waals surface area contributed by atoms with Gasteiger partial charge in [0, 0.05) is 17.7 Å². The molecular weight excluding hydrogens is 368 g/mol. The molecule has 0 aromatic heterocycles. The zero-order chi connectivity index (χ0) is 20.4. The van der Waals surface area contributed by atoms with Crippen LogP contribution in [0.2, 0.25) is 0 Å². The topological polar surface area (TPSA) is 138 Å². The number of Topliss-reactive ketones (excluding diaryl/α,β-unsaturated/α-hetero) is 1. The molecule has 2 N–H and O–H groups in total. The molecule has 1 amide bonds. The van der Waals surface area contributed by atoms with Gasteiger partial charge in [0.05, 0.1) is 16.5 Å². The third kappa shape index (κ3) is 3.32. The molecule has 9 nitrogen and oxygen atoms in total. The highest BCUT2D eigenvalue weighted by molar-refractivity contribution is 6.46. The Kier molecular flexibility index (Phi) is 4.90. The van der Waals surface area contributed by atoms with Gasteiger partial charge in [0.1, 0.15) is 12.3 Å². The Bertz CT molecular complexity index is 997. The van der Waals surface area contributed by atoms with Crippen molar-refractivity contribution in [1.29, 1.82) is 0 Å². The summed E-state index contributed by atoms with van der Waals surface area (Å²) in [5.41, 5.74) is 0.0695. The minimum atomic E-state index is -1.31. The van der Waals surface area contributed by atoms with Crippen molar-refractivity contribution in [2.75, 3.05) is 6.54 Å². The SMILES string of the molecule is O=C(O)CN1C(=O)C(=O)C(=C(O)c2ccc([N+](=O)[O-])cc2)[C@H]1c1ccccc1. The standard InChI is InChI=1S/C19H14N2O7/c22-14(23)10-20-16(11-4-2-1-3-5-11)15(18(25)19(20)26)17(24)12-6-8-13(9-7-12)21(27)28/h1-9,16,24H,10H2,(H,22,23)/t16-/m1/s1. The number of carboxylic acids is 1. The van der Waals surface area contributed by atoms with E-state index in [-0.39, 0.29) is 16.8 Å². The third-order valence-corrected chi connectivity index (χ3v) is 4.31. The second kappa shape index (κ2) is 7.31. The molecule has 0 radical (unpaired) electrons. The van der Waals surface area contributed by atoms with Crippen LogP contribution in [-0.2, 0) is 14.4 Å². The Morgan fingerprint density at radius 2 is 1.64 bits per heavy atom. The maximum Gasteiger partial charge on any atom is 0.323 e. The summed E-state index contributed by atoms with van der Waals surface area (Å²) in [5.74, 6) is -3.90. The number of hydrogen-bond donors (Lipinski definition) is 2. The number of carboxylic acid groups (broad SMARTS) is 1. The van der Waals surface area contributed by atoms with Crippen LogP contribution in [0.25, 0.3) is 5.76 Å². The second-order valence-corrected chi connectivity index (χ2v) is 6.04.